The number of carboxylic acids is 1. The van der Waals surface area contributed by atoms with Crippen LogP contribution < -0.4 is 5.32 Å². The van der Waals surface area contributed by atoms with E-state index in [9.17, 15) is 9.59 Å². The number of aliphatic carboxylic acids is 1. The van der Waals surface area contributed by atoms with E-state index in [0.29, 0.717) is 12.3 Å². The number of carbonyl (C=O) groups excluding carboxylic acids is 1. The lowest BCUT2D eigenvalue weighted by Gasteiger charge is -2.13. The Labute approximate surface area is 121 Å². The second kappa shape index (κ2) is 5.55. The van der Waals surface area contributed by atoms with E-state index in [1.165, 1.54) is 0 Å². The number of carboxylic acid groups (broad SMARTS) is 1. The Morgan fingerprint density at radius 1 is 1.48 bits per heavy atom. The lowest BCUT2D eigenvalue weighted by molar-refractivity contribution is -0.142. The molecule has 0 aliphatic heterocycles. The molecule has 6 nitrogen and oxygen atoms in total. The van der Waals surface area contributed by atoms with Gasteiger partial charge < -0.3 is 15.4 Å². The maximum absolute atomic E-state index is 12.1. The molecule has 2 heterocycles. The maximum Gasteiger partial charge on any atom is 0.326 e. The molecule has 1 aliphatic carbocycles. The van der Waals surface area contributed by atoms with Crippen molar-refractivity contribution in [1.82, 2.24) is 15.3 Å². The number of amides is 1. The Kier molecular flexibility index (Phi) is 3.60. The Bertz CT molecular complexity index is 676. The number of aromatic amines is 1. The highest BCUT2D eigenvalue weighted by Gasteiger charge is 2.30. The van der Waals surface area contributed by atoms with Crippen LogP contribution in [0.25, 0.3) is 11.0 Å². The van der Waals surface area contributed by atoms with Crippen LogP contribution in [0.1, 0.15) is 24.8 Å². The lowest BCUT2D eigenvalue weighted by Crippen LogP contribution is -2.41. The highest BCUT2D eigenvalue weighted by Crippen LogP contribution is 2.33. The predicted octanol–water partition coefficient (Wildman–Crippen LogP) is 1.47. The van der Waals surface area contributed by atoms with Gasteiger partial charge in [-0.3, -0.25) is 4.79 Å². The van der Waals surface area contributed by atoms with Crippen LogP contribution in [-0.2, 0) is 16.0 Å². The molecule has 110 valence electrons. The minimum Gasteiger partial charge on any atom is -0.480 e. The van der Waals surface area contributed by atoms with Crippen LogP contribution in [0.2, 0.25) is 0 Å². The van der Waals surface area contributed by atoms with Gasteiger partial charge in [0.25, 0.3) is 0 Å². The number of aromatic nitrogens is 2. The number of nitrogens with zero attached hydrogens (tertiary/aromatic N) is 1. The maximum atomic E-state index is 12.1. The SMILES string of the molecule is O=C(Cc1c[nH]c2ncccc12)NC(CC1CC1)C(=O)O. The van der Waals surface area contributed by atoms with E-state index in [1.54, 1.807) is 12.4 Å². The van der Waals surface area contributed by atoms with Crippen molar-refractivity contribution in [2.45, 2.75) is 31.7 Å². The molecule has 2 aromatic rings. The molecule has 0 aromatic carbocycles. The van der Waals surface area contributed by atoms with Gasteiger partial charge in [-0.15, -0.1) is 0 Å². The van der Waals surface area contributed by atoms with E-state index in [-0.39, 0.29) is 12.3 Å². The van der Waals surface area contributed by atoms with Crippen LogP contribution in [0.4, 0.5) is 0 Å². The zero-order valence-corrected chi connectivity index (χ0v) is 11.5. The zero-order chi connectivity index (χ0) is 14.8. The van der Waals surface area contributed by atoms with Gasteiger partial charge in [-0.05, 0) is 30.0 Å². The fourth-order valence-corrected chi connectivity index (χ4v) is 2.49. The van der Waals surface area contributed by atoms with E-state index in [1.807, 2.05) is 12.1 Å². The minimum absolute atomic E-state index is 0.153. The molecule has 3 N–H and O–H groups in total. The first-order valence-electron chi connectivity index (χ1n) is 7.06. The summed E-state index contributed by atoms with van der Waals surface area (Å²) >= 11 is 0. The van der Waals surface area contributed by atoms with Crippen LogP contribution >= 0.6 is 0 Å². The number of hydrogen-bond acceptors (Lipinski definition) is 3. The van der Waals surface area contributed by atoms with Crippen molar-refractivity contribution in [3.63, 3.8) is 0 Å². The summed E-state index contributed by atoms with van der Waals surface area (Å²) in [6.45, 7) is 0. The zero-order valence-electron chi connectivity index (χ0n) is 11.5. The van der Waals surface area contributed by atoms with Crippen LogP contribution in [0, 0.1) is 5.92 Å². The van der Waals surface area contributed by atoms with Crippen molar-refractivity contribution >= 4 is 22.9 Å². The minimum atomic E-state index is -0.962. The smallest absolute Gasteiger partial charge is 0.326 e. The molecule has 0 bridgehead atoms. The van der Waals surface area contributed by atoms with Gasteiger partial charge in [0.2, 0.25) is 5.91 Å². The molecule has 0 saturated heterocycles. The van der Waals surface area contributed by atoms with Crippen molar-refractivity contribution in [2.75, 3.05) is 0 Å². The Balaban J connectivity index is 1.66. The molecule has 6 heteroatoms. The second-order valence-electron chi connectivity index (χ2n) is 5.53. The Morgan fingerprint density at radius 2 is 2.29 bits per heavy atom. The summed E-state index contributed by atoms with van der Waals surface area (Å²) in [5.74, 6) is -0.785. The standard InChI is InChI=1S/C15H17N3O3/c19-13(18-12(15(20)21)6-9-3-4-9)7-10-8-17-14-11(10)2-1-5-16-14/h1-2,5,8-9,12H,3-4,6-7H2,(H,16,17)(H,18,19)(H,20,21). The number of rotatable bonds is 6. The molecule has 1 fully saturated rings. The largest absolute Gasteiger partial charge is 0.480 e. The van der Waals surface area contributed by atoms with Crippen molar-refractivity contribution in [3.05, 3.63) is 30.1 Å². The monoisotopic (exact) mass is 287 g/mol. The summed E-state index contributed by atoms with van der Waals surface area (Å²) in [4.78, 5) is 30.4. The van der Waals surface area contributed by atoms with E-state index in [2.05, 4.69) is 15.3 Å². The van der Waals surface area contributed by atoms with Crippen molar-refractivity contribution in [1.29, 1.82) is 0 Å². The van der Waals surface area contributed by atoms with E-state index in [4.69, 9.17) is 5.11 Å². The summed E-state index contributed by atoms with van der Waals surface area (Å²) in [5.41, 5.74) is 1.55. The molecular formula is C15H17N3O3. The van der Waals surface area contributed by atoms with Gasteiger partial charge in [0.15, 0.2) is 0 Å². The number of hydrogen-bond donors (Lipinski definition) is 3. The predicted molar refractivity (Wildman–Crippen MR) is 76.7 cm³/mol. The summed E-state index contributed by atoms with van der Waals surface area (Å²) in [6.07, 6.45) is 6.23. The first-order chi connectivity index (χ1) is 10.1. The van der Waals surface area contributed by atoms with Gasteiger partial charge in [-0.25, -0.2) is 9.78 Å². The van der Waals surface area contributed by atoms with Crippen LogP contribution in [0.3, 0.4) is 0 Å². The van der Waals surface area contributed by atoms with Gasteiger partial charge in [-0.1, -0.05) is 12.8 Å². The molecule has 1 saturated carbocycles. The summed E-state index contributed by atoms with van der Waals surface area (Å²) in [6, 6.07) is 2.92. The molecule has 21 heavy (non-hydrogen) atoms. The van der Waals surface area contributed by atoms with E-state index >= 15 is 0 Å². The summed E-state index contributed by atoms with van der Waals surface area (Å²) < 4.78 is 0. The topological polar surface area (TPSA) is 95.1 Å². The molecule has 2 aromatic heterocycles. The van der Waals surface area contributed by atoms with Crippen molar-refractivity contribution in [2.24, 2.45) is 5.92 Å². The quantitative estimate of drug-likeness (QED) is 0.750. The van der Waals surface area contributed by atoms with E-state index in [0.717, 1.165) is 29.4 Å². The average molecular weight is 287 g/mol. The van der Waals surface area contributed by atoms with Crippen LogP contribution in [-0.4, -0.2) is 33.0 Å². The third kappa shape index (κ3) is 3.21. The third-order valence-electron chi connectivity index (χ3n) is 3.79. The number of pyridine rings is 1. The van der Waals surface area contributed by atoms with Gasteiger partial charge in [0, 0.05) is 17.8 Å². The fraction of sp³-hybridized carbons (Fsp3) is 0.400. The Morgan fingerprint density at radius 3 is 3.00 bits per heavy atom. The van der Waals surface area contributed by atoms with Gasteiger partial charge >= 0.3 is 5.97 Å². The molecular weight excluding hydrogens is 270 g/mol. The Hall–Kier alpha value is -2.37. The fourth-order valence-electron chi connectivity index (χ4n) is 2.49. The normalized spacial score (nSPS) is 15.8. The van der Waals surface area contributed by atoms with Crippen molar-refractivity contribution < 1.29 is 14.7 Å². The second-order valence-corrected chi connectivity index (χ2v) is 5.53. The van der Waals surface area contributed by atoms with Gasteiger partial charge in [0.05, 0.1) is 6.42 Å². The highest BCUT2D eigenvalue weighted by atomic mass is 16.4. The van der Waals surface area contributed by atoms with Crippen molar-refractivity contribution in [3.8, 4) is 0 Å². The van der Waals surface area contributed by atoms with Crippen LogP contribution in [0.15, 0.2) is 24.5 Å². The molecule has 1 aliphatic rings. The highest BCUT2D eigenvalue weighted by molar-refractivity contribution is 5.89. The molecule has 1 amide bonds. The number of carbonyl (C=O) groups is 2. The summed E-state index contributed by atoms with van der Waals surface area (Å²) in [5, 5.41) is 12.7. The first-order valence-corrected chi connectivity index (χ1v) is 7.06. The molecule has 0 radical (unpaired) electrons. The van der Waals surface area contributed by atoms with Crippen LogP contribution in [0.5, 0.6) is 0 Å². The van der Waals surface area contributed by atoms with Gasteiger partial charge in [0.1, 0.15) is 11.7 Å². The van der Waals surface area contributed by atoms with E-state index < -0.39 is 12.0 Å². The summed E-state index contributed by atoms with van der Waals surface area (Å²) in [7, 11) is 0. The molecule has 1 unspecified atom stereocenters. The average Bonchev–Trinajstić information content (AvgIpc) is 3.19. The number of fused-ring (bicyclic) bond motifs is 1. The first kappa shape index (κ1) is 13.6. The van der Waals surface area contributed by atoms with Gasteiger partial charge in [-0.2, -0.15) is 0 Å². The number of nitrogens with one attached hydrogen (secondary N) is 2. The number of H-pyrrole nitrogens is 1. The molecule has 3 rings (SSSR count). The third-order valence-corrected chi connectivity index (χ3v) is 3.79. The molecule has 1 atom stereocenters. The molecule has 0 spiro atoms. The lowest BCUT2D eigenvalue weighted by atomic mass is 10.1.